The molecule has 0 saturated carbocycles. The minimum Gasteiger partial charge on any atom is -0.330 e. The zero-order valence-electron chi connectivity index (χ0n) is 10.6. The van der Waals surface area contributed by atoms with Gasteiger partial charge in [0.15, 0.2) is 0 Å². The van der Waals surface area contributed by atoms with Crippen molar-refractivity contribution in [3.63, 3.8) is 0 Å². The Balaban J connectivity index is 1.96. The molecule has 1 heterocycles. The van der Waals surface area contributed by atoms with Gasteiger partial charge in [0, 0.05) is 11.9 Å². The zero-order chi connectivity index (χ0) is 12.8. The molecule has 0 radical (unpaired) electrons. The maximum Gasteiger partial charge on any atom is 0.0963 e. The van der Waals surface area contributed by atoms with E-state index in [1.807, 2.05) is 6.20 Å². The summed E-state index contributed by atoms with van der Waals surface area (Å²) in [6.07, 6.45) is 2.82. The summed E-state index contributed by atoms with van der Waals surface area (Å²) >= 11 is 1.77. The SMILES string of the molecule is Cc1ccccc1CSc1ccc(CCN)cn1. The van der Waals surface area contributed by atoms with Crippen LogP contribution in [-0.2, 0) is 12.2 Å². The second-order valence-corrected chi connectivity index (χ2v) is 5.25. The molecule has 0 saturated heterocycles. The van der Waals surface area contributed by atoms with Crippen molar-refractivity contribution >= 4 is 11.8 Å². The predicted octanol–water partition coefficient (Wildman–Crippen LogP) is 3.18. The van der Waals surface area contributed by atoms with Crippen LogP contribution in [0, 0.1) is 6.92 Å². The summed E-state index contributed by atoms with van der Waals surface area (Å²) in [5.41, 5.74) is 9.43. The standard InChI is InChI=1S/C15H18N2S/c1-12-4-2-3-5-14(12)11-18-15-7-6-13(8-9-16)10-17-15/h2-7,10H,8-9,11,16H2,1H3. The van der Waals surface area contributed by atoms with Crippen molar-refractivity contribution in [2.75, 3.05) is 6.54 Å². The number of pyridine rings is 1. The Bertz CT molecular complexity index is 494. The summed E-state index contributed by atoms with van der Waals surface area (Å²) in [6, 6.07) is 12.7. The highest BCUT2D eigenvalue weighted by Gasteiger charge is 2.00. The van der Waals surface area contributed by atoms with Gasteiger partial charge in [-0.3, -0.25) is 0 Å². The van der Waals surface area contributed by atoms with Gasteiger partial charge in [-0.15, -0.1) is 11.8 Å². The average Bonchev–Trinajstić information content (AvgIpc) is 2.40. The first-order valence-electron chi connectivity index (χ1n) is 6.12. The number of hydrogen-bond donors (Lipinski definition) is 1. The Labute approximate surface area is 113 Å². The van der Waals surface area contributed by atoms with Gasteiger partial charge in [0.25, 0.3) is 0 Å². The molecule has 0 atom stereocenters. The Hall–Kier alpha value is -1.32. The minimum atomic E-state index is 0.678. The van der Waals surface area contributed by atoms with Crippen LogP contribution >= 0.6 is 11.8 Å². The van der Waals surface area contributed by atoms with E-state index in [0.29, 0.717) is 6.54 Å². The first kappa shape index (κ1) is 13.1. The van der Waals surface area contributed by atoms with Crippen LogP contribution in [0.25, 0.3) is 0 Å². The van der Waals surface area contributed by atoms with Gasteiger partial charge in [-0.2, -0.15) is 0 Å². The van der Waals surface area contributed by atoms with Gasteiger partial charge in [0.2, 0.25) is 0 Å². The lowest BCUT2D eigenvalue weighted by atomic mass is 10.1. The van der Waals surface area contributed by atoms with Crippen LogP contribution in [0.5, 0.6) is 0 Å². The van der Waals surface area contributed by atoms with E-state index in [9.17, 15) is 0 Å². The zero-order valence-corrected chi connectivity index (χ0v) is 11.4. The monoisotopic (exact) mass is 258 g/mol. The third kappa shape index (κ3) is 3.59. The second kappa shape index (κ2) is 6.57. The van der Waals surface area contributed by atoms with E-state index in [-0.39, 0.29) is 0 Å². The van der Waals surface area contributed by atoms with E-state index in [0.717, 1.165) is 17.2 Å². The largest absolute Gasteiger partial charge is 0.330 e. The van der Waals surface area contributed by atoms with E-state index in [1.54, 1.807) is 11.8 Å². The lowest BCUT2D eigenvalue weighted by Gasteiger charge is -2.05. The van der Waals surface area contributed by atoms with Gasteiger partial charge in [-0.25, -0.2) is 4.98 Å². The number of aryl methyl sites for hydroxylation is 1. The summed E-state index contributed by atoms with van der Waals surface area (Å²) in [4.78, 5) is 4.45. The van der Waals surface area contributed by atoms with Crippen molar-refractivity contribution in [1.82, 2.24) is 4.98 Å². The van der Waals surface area contributed by atoms with Crippen molar-refractivity contribution < 1.29 is 0 Å². The maximum absolute atomic E-state index is 5.52. The molecule has 0 aliphatic heterocycles. The molecule has 2 rings (SSSR count). The van der Waals surface area contributed by atoms with E-state index in [4.69, 9.17) is 5.73 Å². The highest BCUT2D eigenvalue weighted by molar-refractivity contribution is 7.98. The molecule has 0 bridgehead atoms. The maximum atomic E-state index is 5.52. The van der Waals surface area contributed by atoms with E-state index in [2.05, 4.69) is 48.3 Å². The number of nitrogens with two attached hydrogens (primary N) is 1. The topological polar surface area (TPSA) is 38.9 Å². The molecule has 94 valence electrons. The summed E-state index contributed by atoms with van der Waals surface area (Å²) in [5, 5.41) is 1.07. The number of thioether (sulfide) groups is 1. The van der Waals surface area contributed by atoms with Crippen molar-refractivity contribution in [2.24, 2.45) is 5.73 Å². The molecule has 2 nitrogen and oxygen atoms in total. The van der Waals surface area contributed by atoms with Crippen LogP contribution in [0.3, 0.4) is 0 Å². The van der Waals surface area contributed by atoms with Gasteiger partial charge >= 0.3 is 0 Å². The van der Waals surface area contributed by atoms with Crippen LogP contribution < -0.4 is 5.73 Å². The van der Waals surface area contributed by atoms with E-state index >= 15 is 0 Å². The second-order valence-electron chi connectivity index (χ2n) is 4.26. The van der Waals surface area contributed by atoms with Crippen LogP contribution in [0.4, 0.5) is 0 Å². The van der Waals surface area contributed by atoms with Crippen LogP contribution in [0.1, 0.15) is 16.7 Å². The molecule has 18 heavy (non-hydrogen) atoms. The van der Waals surface area contributed by atoms with Crippen molar-refractivity contribution in [1.29, 1.82) is 0 Å². The molecule has 0 aliphatic rings. The molecule has 0 aliphatic carbocycles. The molecular formula is C15H18N2S. The quantitative estimate of drug-likeness (QED) is 0.837. The van der Waals surface area contributed by atoms with Gasteiger partial charge in [-0.1, -0.05) is 30.3 Å². The highest BCUT2D eigenvalue weighted by Crippen LogP contribution is 2.22. The molecule has 2 N–H and O–H groups in total. The summed E-state index contributed by atoms with van der Waals surface area (Å²) < 4.78 is 0. The Morgan fingerprint density at radius 2 is 2.00 bits per heavy atom. The average molecular weight is 258 g/mol. The van der Waals surface area contributed by atoms with E-state index < -0.39 is 0 Å². The molecule has 3 heteroatoms. The fourth-order valence-electron chi connectivity index (χ4n) is 1.73. The molecule has 0 spiro atoms. The fraction of sp³-hybridized carbons (Fsp3) is 0.267. The lowest BCUT2D eigenvalue weighted by molar-refractivity contribution is 0.945. The molecule has 0 fully saturated rings. The van der Waals surface area contributed by atoms with Gasteiger partial charge in [-0.05, 0) is 42.6 Å². The van der Waals surface area contributed by atoms with Gasteiger partial charge in [0.05, 0.1) is 5.03 Å². The number of aromatic nitrogens is 1. The molecule has 2 aromatic rings. The Morgan fingerprint density at radius 3 is 2.67 bits per heavy atom. The van der Waals surface area contributed by atoms with Crippen molar-refractivity contribution in [3.8, 4) is 0 Å². The Kier molecular flexibility index (Phi) is 4.79. The number of benzene rings is 1. The van der Waals surface area contributed by atoms with Gasteiger partial charge in [0.1, 0.15) is 0 Å². The smallest absolute Gasteiger partial charge is 0.0963 e. The summed E-state index contributed by atoms with van der Waals surface area (Å²) in [5.74, 6) is 0.968. The molecule has 0 unspecified atom stereocenters. The molecule has 1 aromatic carbocycles. The third-order valence-corrected chi connectivity index (χ3v) is 3.86. The molecular weight excluding hydrogens is 240 g/mol. The summed E-state index contributed by atoms with van der Waals surface area (Å²) in [6.45, 7) is 2.82. The fourth-order valence-corrected chi connectivity index (χ4v) is 2.65. The lowest BCUT2D eigenvalue weighted by Crippen LogP contribution is -2.02. The first-order chi connectivity index (χ1) is 8.79. The molecule has 0 amide bonds. The van der Waals surface area contributed by atoms with Crippen LogP contribution in [0.2, 0.25) is 0 Å². The number of rotatable bonds is 5. The number of hydrogen-bond acceptors (Lipinski definition) is 3. The predicted molar refractivity (Wildman–Crippen MR) is 77.7 cm³/mol. The third-order valence-electron chi connectivity index (χ3n) is 2.87. The normalized spacial score (nSPS) is 10.6. The first-order valence-corrected chi connectivity index (χ1v) is 7.10. The Morgan fingerprint density at radius 1 is 1.17 bits per heavy atom. The highest BCUT2D eigenvalue weighted by atomic mass is 32.2. The summed E-state index contributed by atoms with van der Waals surface area (Å²) in [7, 11) is 0. The minimum absolute atomic E-state index is 0.678. The van der Waals surface area contributed by atoms with Crippen LogP contribution in [0.15, 0.2) is 47.6 Å². The van der Waals surface area contributed by atoms with Crippen LogP contribution in [-0.4, -0.2) is 11.5 Å². The number of nitrogens with zero attached hydrogens (tertiary/aromatic N) is 1. The van der Waals surface area contributed by atoms with Gasteiger partial charge < -0.3 is 5.73 Å². The van der Waals surface area contributed by atoms with E-state index in [1.165, 1.54) is 16.7 Å². The van der Waals surface area contributed by atoms with Crippen molar-refractivity contribution in [2.45, 2.75) is 24.1 Å². The molecule has 1 aromatic heterocycles. The van der Waals surface area contributed by atoms with Crippen molar-refractivity contribution in [3.05, 3.63) is 59.3 Å².